The molecule has 2 saturated carbocycles. The molecule has 3 N–H and O–H groups in total. The fourth-order valence-corrected chi connectivity index (χ4v) is 5.10. The topological polar surface area (TPSA) is 118 Å². The lowest BCUT2D eigenvalue weighted by Crippen LogP contribution is -2.50. The number of halogens is 1. The standard InChI is InChI=1S/C27H34FN7O2/c1-5-19-22(15(4)33-34-19)18-10-11-21(30-25(18)28)31-27(37)24(23(16-6-7-16)17-8-9-17)32-26(36)20-12-13-29-35(20)14(2)3/h10-14,16-17,23-24H,5-9H2,1-4H3,(H,32,36)(H,33,34)(H,30,31,37)/i1D3,5D2. The number of carbonyl (C=O) groups is 2. The molecule has 10 heteroatoms. The molecule has 9 nitrogen and oxygen atoms in total. The summed E-state index contributed by atoms with van der Waals surface area (Å²) in [6.45, 7) is 2.26. The van der Waals surface area contributed by atoms with Crippen molar-refractivity contribution in [1.82, 2.24) is 30.3 Å². The van der Waals surface area contributed by atoms with Crippen molar-refractivity contribution in [2.45, 2.75) is 71.8 Å². The molecular weight excluding hydrogens is 473 g/mol. The van der Waals surface area contributed by atoms with Crippen LogP contribution in [0.2, 0.25) is 0 Å². The molecule has 0 aromatic carbocycles. The predicted molar refractivity (Wildman–Crippen MR) is 137 cm³/mol. The zero-order valence-corrected chi connectivity index (χ0v) is 21.0. The number of rotatable bonds is 10. The number of aromatic nitrogens is 5. The minimum absolute atomic E-state index is 0.0477. The Balaban J connectivity index is 1.41. The fourth-order valence-electron chi connectivity index (χ4n) is 5.10. The first kappa shape index (κ1) is 19.5. The zero-order valence-electron chi connectivity index (χ0n) is 26.0. The van der Waals surface area contributed by atoms with E-state index in [9.17, 15) is 9.59 Å². The summed E-state index contributed by atoms with van der Waals surface area (Å²) in [5, 5.41) is 16.1. The number of aryl methyl sites for hydroxylation is 2. The van der Waals surface area contributed by atoms with Gasteiger partial charge in [-0.1, -0.05) is 6.85 Å². The van der Waals surface area contributed by atoms with Gasteiger partial charge in [0.1, 0.15) is 17.6 Å². The van der Waals surface area contributed by atoms with Crippen molar-refractivity contribution in [3.05, 3.63) is 47.4 Å². The van der Waals surface area contributed by atoms with Gasteiger partial charge in [-0.05, 0) is 88.8 Å². The molecule has 0 radical (unpaired) electrons. The summed E-state index contributed by atoms with van der Waals surface area (Å²) >= 11 is 0. The highest BCUT2D eigenvalue weighted by atomic mass is 19.1. The van der Waals surface area contributed by atoms with Gasteiger partial charge < -0.3 is 10.6 Å². The van der Waals surface area contributed by atoms with Gasteiger partial charge in [0, 0.05) is 35.9 Å². The number of carbonyl (C=O) groups excluding carboxylic acids is 2. The number of pyridine rings is 1. The Hall–Kier alpha value is -3.56. The summed E-state index contributed by atoms with van der Waals surface area (Å²) in [6, 6.07) is 3.32. The first-order valence-corrected chi connectivity index (χ1v) is 12.6. The third-order valence-electron chi connectivity index (χ3n) is 7.12. The lowest BCUT2D eigenvalue weighted by molar-refractivity contribution is -0.119. The SMILES string of the molecule is [2H]C([2H])([2H])C([2H])([2H])c1[nH]nc(C)c1-c1ccc(NC(=O)C(NC(=O)c2ccnn2C(C)C)C(C2CC2)C2CC2)nc1F. The van der Waals surface area contributed by atoms with Crippen molar-refractivity contribution in [2.24, 2.45) is 17.8 Å². The van der Waals surface area contributed by atoms with Crippen molar-refractivity contribution in [3.63, 3.8) is 0 Å². The predicted octanol–water partition coefficient (Wildman–Crippen LogP) is 4.43. The molecule has 3 heterocycles. The van der Waals surface area contributed by atoms with Crippen LogP contribution in [0.15, 0.2) is 24.4 Å². The molecule has 2 fully saturated rings. The molecule has 0 bridgehead atoms. The molecule has 3 aromatic heterocycles. The molecule has 0 spiro atoms. The Kier molecular flexibility index (Phi) is 5.32. The van der Waals surface area contributed by atoms with Crippen LogP contribution in [0.4, 0.5) is 10.2 Å². The van der Waals surface area contributed by atoms with Crippen molar-refractivity contribution >= 4 is 17.6 Å². The number of H-pyrrole nitrogens is 1. The van der Waals surface area contributed by atoms with E-state index in [2.05, 4.69) is 30.9 Å². The van der Waals surface area contributed by atoms with Crippen molar-refractivity contribution in [1.29, 1.82) is 0 Å². The highest BCUT2D eigenvalue weighted by Crippen LogP contribution is 2.51. The van der Waals surface area contributed by atoms with Crippen molar-refractivity contribution in [2.75, 3.05) is 5.32 Å². The molecule has 5 rings (SSSR count). The quantitative estimate of drug-likeness (QED) is 0.347. The number of aromatic amines is 1. The zero-order chi connectivity index (χ0) is 30.6. The van der Waals surface area contributed by atoms with E-state index < -0.39 is 42.7 Å². The second-order valence-corrected chi connectivity index (χ2v) is 10.2. The number of nitrogens with zero attached hydrogens (tertiary/aromatic N) is 4. The fraction of sp³-hybridized carbons (Fsp3) is 0.519. The van der Waals surface area contributed by atoms with Crippen LogP contribution in [0.3, 0.4) is 0 Å². The van der Waals surface area contributed by atoms with Crippen LogP contribution in [0.5, 0.6) is 0 Å². The van der Waals surface area contributed by atoms with Gasteiger partial charge in [0.15, 0.2) is 0 Å². The lowest BCUT2D eigenvalue weighted by atomic mass is 9.88. The Labute approximate surface area is 222 Å². The number of hydrogen-bond donors (Lipinski definition) is 3. The van der Waals surface area contributed by atoms with Crippen LogP contribution >= 0.6 is 0 Å². The molecule has 2 aliphatic carbocycles. The van der Waals surface area contributed by atoms with E-state index in [4.69, 9.17) is 6.85 Å². The van der Waals surface area contributed by atoms with Crippen molar-refractivity contribution in [3.8, 4) is 11.1 Å². The Morgan fingerprint density at radius 2 is 1.97 bits per heavy atom. The first-order valence-electron chi connectivity index (χ1n) is 15.1. The first-order chi connectivity index (χ1) is 19.7. The Morgan fingerprint density at radius 1 is 1.24 bits per heavy atom. The van der Waals surface area contributed by atoms with Gasteiger partial charge in [0.2, 0.25) is 11.9 Å². The van der Waals surface area contributed by atoms with Crippen LogP contribution in [-0.4, -0.2) is 42.8 Å². The summed E-state index contributed by atoms with van der Waals surface area (Å²) in [6.07, 6.45) is 2.60. The van der Waals surface area contributed by atoms with Gasteiger partial charge in [-0.2, -0.15) is 14.6 Å². The largest absolute Gasteiger partial charge is 0.339 e. The maximum absolute atomic E-state index is 15.4. The maximum Gasteiger partial charge on any atom is 0.270 e. The third kappa shape index (κ3) is 5.14. The number of hydrogen-bond acceptors (Lipinski definition) is 5. The Morgan fingerprint density at radius 3 is 2.59 bits per heavy atom. The summed E-state index contributed by atoms with van der Waals surface area (Å²) in [4.78, 5) is 30.9. The molecule has 2 amide bonds. The summed E-state index contributed by atoms with van der Waals surface area (Å²) in [7, 11) is 0. The van der Waals surface area contributed by atoms with E-state index in [-0.39, 0.29) is 34.6 Å². The van der Waals surface area contributed by atoms with Gasteiger partial charge in [-0.3, -0.25) is 19.4 Å². The van der Waals surface area contributed by atoms with E-state index in [1.807, 2.05) is 13.8 Å². The Bertz CT molecular complexity index is 1480. The van der Waals surface area contributed by atoms with E-state index in [1.54, 1.807) is 10.7 Å². The average Bonchev–Trinajstić information content (AvgIpc) is 3.83. The van der Waals surface area contributed by atoms with Gasteiger partial charge in [0.05, 0.1) is 5.69 Å². The van der Waals surface area contributed by atoms with Crippen LogP contribution in [0, 0.1) is 30.6 Å². The second-order valence-electron chi connectivity index (χ2n) is 10.2. The second kappa shape index (κ2) is 10.1. The molecule has 0 saturated heterocycles. The van der Waals surface area contributed by atoms with Gasteiger partial charge >= 0.3 is 0 Å². The molecular formula is C27H34FN7O2. The summed E-state index contributed by atoms with van der Waals surface area (Å²) in [5.41, 5.74) is -0.0744. The third-order valence-corrected chi connectivity index (χ3v) is 7.12. The van der Waals surface area contributed by atoms with E-state index in [0.717, 1.165) is 25.7 Å². The van der Waals surface area contributed by atoms with E-state index >= 15 is 4.39 Å². The minimum Gasteiger partial charge on any atom is -0.339 e. The van der Waals surface area contributed by atoms with Gasteiger partial charge in [-0.15, -0.1) is 0 Å². The van der Waals surface area contributed by atoms with E-state index in [0.29, 0.717) is 17.5 Å². The normalized spacial score (nSPS) is 19.0. The molecule has 2 aliphatic rings. The van der Waals surface area contributed by atoms with Crippen LogP contribution in [-0.2, 0) is 11.2 Å². The molecule has 37 heavy (non-hydrogen) atoms. The summed E-state index contributed by atoms with van der Waals surface area (Å²) in [5.74, 6) is -1.51. The molecule has 1 unspecified atom stereocenters. The number of anilines is 1. The van der Waals surface area contributed by atoms with Gasteiger partial charge in [0.25, 0.3) is 5.91 Å². The molecule has 0 aliphatic heterocycles. The highest BCUT2D eigenvalue weighted by Gasteiger charge is 2.48. The highest BCUT2D eigenvalue weighted by molar-refractivity contribution is 6.00. The number of nitrogens with one attached hydrogen (secondary N) is 3. The minimum atomic E-state index is -3.04. The average molecular weight is 513 g/mol. The maximum atomic E-state index is 15.4. The van der Waals surface area contributed by atoms with E-state index in [1.165, 1.54) is 25.3 Å². The molecule has 196 valence electrons. The molecule has 1 atom stereocenters. The van der Waals surface area contributed by atoms with Crippen LogP contribution in [0.1, 0.15) is 81.2 Å². The lowest BCUT2D eigenvalue weighted by Gasteiger charge is -2.27. The smallest absolute Gasteiger partial charge is 0.270 e. The van der Waals surface area contributed by atoms with Crippen molar-refractivity contribution < 1.29 is 20.8 Å². The van der Waals surface area contributed by atoms with Gasteiger partial charge in [-0.25, -0.2) is 4.98 Å². The number of amides is 2. The monoisotopic (exact) mass is 512 g/mol. The van der Waals surface area contributed by atoms with Crippen LogP contribution < -0.4 is 10.6 Å². The summed E-state index contributed by atoms with van der Waals surface area (Å²) < 4.78 is 56.0. The molecule has 3 aromatic rings. The van der Waals surface area contributed by atoms with Crippen LogP contribution in [0.25, 0.3) is 11.1 Å².